The molecule has 1 aliphatic heterocycles. The molecule has 1 N–H and O–H groups in total. The van der Waals surface area contributed by atoms with Gasteiger partial charge in [-0.1, -0.05) is 41.6 Å². The van der Waals surface area contributed by atoms with Crippen LogP contribution in [0.5, 0.6) is 0 Å². The van der Waals surface area contributed by atoms with Crippen molar-refractivity contribution in [3.8, 4) is 0 Å². The van der Waals surface area contributed by atoms with E-state index in [1.807, 2.05) is 54.6 Å². The van der Waals surface area contributed by atoms with Crippen molar-refractivity contribution in [1.82, 2.24) is 10.3 Å². The van der Waals surface area contributed by atoms with E-state index in [0.717, 1.165) is 26.7 Å². The van der Waals surface area contributed by atoms with E-state index >= 15 is 0 Å². The third-order valence-electron chi connectivity index (χ3n) is 4.07. The van der Waals surface area contributed by atoms with E-state index in [-0.39, 0.29) is 12.5 Å². The molecule has 0 unspecified atom stereocenters. The number of rotatable bonds is 4. The Kier molecular flexibility index (Phi) is 4.93. The van der Waals surface area contributed by atoms with Gasteiger partial charge >= 0.3 is 0 Å². The number of para-hydroxylation sites is 1. The van der Waals surface area contributed by atoms with Crippen LogP contribution in [-0.4, -0.2) is 17.4 Å². The van der Waals surface area contributed by atoms with E-state index in [1.165, 1.54) is 0 Å². The maximum absolute atomic E-state index is 13.0. The van der Waals surface area contributed by atoms with E-state index in [9.17, 15) is 4.79 Å². The Morgan fingerprint density at radius 1 is 1.08 bits per heavy atom. The topological polar surface area (TPSA) is 45.2 Å². The Morgan fingerprint density at radius 2 is 1.92 bits per heavy atom. The van der Waals surface area contributed by atoms with Crippen molar-refractivity contribution in [3.05, 3.63) is 77.6 Å². The molecule has 3 aromatic rings. The van der Waals surface area contributed by atoms with Gasteiger partial charge in [-0.05, 0) is 42.0 Å². The minimum Gasteiger partial charge on any atom is -0.304 e. The average Bonchev–Trinajstić information content (AvgIpc) is 2.67. The van der Waals surface area contributed by atoms with Crippen LogP contribution in [0.3, 0.4) is 0 Å². The maximum Gasteiger partial charge on any atom is 0.245 e. The SMILES string of the molecule is O=C(CNCc1cccnc1)N1c2ccccc2Sc2ccc(Cl)cc21. The molecular weight excluding hydrogens is 366 g/mol. The van der Waals surface area contributed by atoms with Crippen LogP contribution in [0, 0.1) is 0 Å². The van der Waals surface area contributed by atoms with Gasteiger partial charge in [-0.25, -0.2) is 0 Å². The van der Waals surface area contributed by atoms with Crippen molar-refractivity contribution in [2.24, 2.45) is 0 Å². The second-order valence-corrected chi connectivity index (χ2v) is 7.40. The summed E-state index contributed by atoms with van der Waals surface area (Å²) in [5, 5.41) is 3.82. The molecule has 0 atom stereocenters. The Morgan fingerprint density at radius 3 is 2.77 bits per heavy atom. The summed E-state index contributed by atoms with van der Waals surface area (Å²) in [6, 6.07) is 17.4. The second kappa shape index (κ2) is 7.50. The summed E-state index contributed by atoms with van der Waals surface area (Å²) < 4.78 is 0. The molecular formula is C20H16ClN3OS. The van der Waals surface area contributed by atoms with E-state index in [2.05, 4.69) is 10.3 Å². The fourth-order valence-corrected chi connectivity index (χ4v) is 4.10. The Hall–Kier alpha value is -2.34. The fraction of sp³-hybridized carbons (Fsp3) is 0.100. The molecule has 1 amide bonds. The van der Waals surface area contributed by atoms with Crippen molar-refractivity contribution in [2.45, 2.75) is 16.3 Å². The predicted octanol–water partition coefficient (Wildman–Crippen LogP) is 4.65. The molecule has 0 aliphatic carbocycles. The lowest BCUT2D eigenvalue weighted by atomic mass is 10.2. The fourth-order valence-electron chi connectivity index (χ4n) is 2.89. The van der Waals surface area contributed by atoms with Crippen LogP contribution in [0.25, 0.3) is 0 Å². The van der Waals surface area contributed by atoms with E-state index in [4.69, 9.17) is 11.6 Å². The first-order valence-corrected chi connectivity index (χ1v) is 9.41. The number of nitrogens with zero attached hydrogens (tertiary/aromatic N) is 2. The van der Waals surface area contributed by atoms with E-state index in [0.29, 0.717) is 11.6 Å². The maximum atomic E-state index is 13.0. The molecule has 1 aromatic heterocycles. The van der Waals surface area contributed by atoms with Crippen LogP contribution < -0.4 is 10.2 Å². The second-order valence-electron chi connectivity index (χ2n) is 5.88. The Balaban J connectivity index is 1.58. The molecule has 0 spiro atoms. The van der Waals surface area contributed by atoms with Crippen LogP contribution in [0.1, 0.15) is 5.56 Å². The van der Waals surface area contributed by atoms with Crippen LogP contribution in [0.4, 0.5) is 11.4 Å². The van der Waals surface area contributed by atoms with Gasteiger partial charge < -0.3 is 5.32 Å². The summed E-state index contributed by atoms with van der Waals surface area (Å²) in [5.74, 6) is -0.0230. The number of pyridine rings is 1. The molecule has 4 nitrogen and oxygen atoms in total. The highest BCUT2D eigenvalue weighted by atomic mass is 35.5. The molecule has 0 saturated heterocycles. The summed E-state index contributed by atoms with van der Waals surface area (Å²) in [5.41, 5.74) is 2.76. The largest absolute Gasteiger partial charge is 0.304 e. The third kappa shape index (κ3) is 3.46. The molecule has 0 saturated carbocycles. The normalized spacial score (nSPS) is 12.4. The number of anilines is 2. The number of nitrogens with one attached hydrogen (secondary N) is 1. The van der Waals surface area contributed by atoms with Crippen molar-refractivity contribution < 1.29 is 4.79 Å². The van der Waals surface area contributed by atoms with Gasteiger partial charge in [-0.3, -0.25) is 14.7 Å². The highest BCUT2D eigenvalue weighted by Crippen LogP contribution is 2.48. The number of carbonyl (C=O) groups excluding carboxylic acids is 1. The number of benzene rings is 2. The van der Waals surface area contributed by atoms with Crippen molar-refractivity contribution in [1.29, 1.82) is 0 Å². The van der Waals surface area contributed by atoms with Gasteiger partial charge in [0.1, 0.15) is 0 Å². The number of hydrogen-bond donors (Lipinski definition) is 1. The van der Waals surface area contributed by atoms with Gasteiger partial charge in [0.2, 0.25) is 5.91 Å². The Bertz CT molecular complexity index is 949. The summed E-state index contributed by atoms with van der Waals surface area (Å²) in [4.78, 5) is 20.9. The Labute approximate surface area is 161 Å². The van der Waals surface area contributed by atoms with Crippen molar-refractivity contribution >= 4 is 40.6 Å². The first-order valence-electron chi connectivity index (χ1n) is 8.21. The standard InChI is InChI=1S/C20H16ClN3OS/c21-15-7-8-19-17(10-15)24(16-5-1-2-6-18(16)26-19)20(25)13-23-12-14-4-3-9-22-11-14/h1-11,23H,12-13H2. The molecule has 2 aromatic carbocycles. The molecule has 26 heavy (non-hydrogen) atoms. The van der Waals surface area contributed by atoms with Crippen molar-refractivity contribution in [3.63, 3.8) is 0 Å². The van der Waals surface area contributed by atoms with Gasteiger partial charge in [0.15, 0.2) is 0 Å². The lowest BCUT2D eigenvalue weighted by Gasteiger charge is -2.31. The van der Waals surface area contributed by atoms with Crippen LogP contribution in [0.2, 0.25) is 5.02 Å². The molecule has 6 heteroatoms. The van der Waals surface area contributed by atoms with E-state index < -0.39 is 0 Å². The summed E-state index contributed by atoms with van der Waals surface area (Å²) >= 11 is 7.84. The molecule has 0 radical (unpaired) electrons. The zero-order valence-electron chi connectivity index (χ0n) is 13.9. The molecule has 4 rings (SSSR count). The predicted molar refractivity (Wildman–Crippen MR) is 105 cm³/mol. The minimum absolute atomic E-state index is 0.0230. The number of carbonyl (C=O) groups is 1. The summed E-state index contributed by atoms with van der Waals surface area (Å²) in [6.45, 7) is 0.812. The van der Waals surface area contributed by atoms with Crippen LogP contribution >= 0.6 is 23.4 Å². The molecule has 2 heterocycles. The van der Waals surface area contributed by atoms with E-state index in [1.54, 1.807) is 29.1 Å². The number of hydrogen-bond acceptors (Lipinski definition) is 4. The summed E-state index contributed by atoms with van der Waals surface area (Å²) in [7, 11) is 0. The molecule has 0 bridgehead atoms. The lowest BCUT2D eigenvalue weighted by molar-refractivity contribution is -0.117. The number of amides is 1. The monoisotopic (exact) mass is 381 g/mol. The number of halogens is 1. The van der Waals surface area contributed by atoms with Gasteiger partial charge in [0, 0.05) is 33.8 Å². The first-order chi connectivity index (χ1) is 12.7. The van der Waals surface area contributed by atoms with Gasteiger partial charge in [0.05, 0.1) is 17.9 Å². The van der Waals surface area contributed by atoms with Gasteiger partial charge in [-0.15, -0.1) is 0 Å². The summed E-state index contributed by atoms with van der Waals surface area (Å²) in [6.07, 6.45) is 3.52. The molecule has 0 fully saturated rings. The molecule has 130 valence electrons. The number of fused-ring (bicyclic) bond motifs is 2. The smallest absolute Gasteiger partial charge is 0.245 e. The molecule has 1 aliphatic rings. The van der Waals surface area contributed by atoms with Gasteiger partial charge in [0.25, 0.3) is 0 Å². The zero-order valence-corrected chi connectivity index (χ0v) is 15.4. The van der Waals surface area contributed by atoms with Gasteiger partial charge in [-0.2, -0.15) is 0 Å². The average molecular weight is 382 g/mol. The van der Waals surface area contributed by atoms with Crippen LogP contribution in [0.15, 0.2) is 76.8 Å². The quantitative estimate of drug-likeness (QED) is 0.714. The highest BCUT2D eigenvalue weighted by Gasteiger charge is 2.27. The minimum atomic E-state index is -0.0230. The van der Waals surface area contributed by atoms with Crippen LogP contribution in [-0.2, 0) is 11.3 Å². The third-order valence-corrected chi connectivity index (χ3v) is 5.43. The van der Waals surface area contributed by atoms with Crippen molar-refractivity contribution in [2.75, 3.05) is 11.4 Å². The highest BCUT2D eigenvalue weighted by molar-refractivity contribution is 7.99. The number of aromatic nitrogens is 1. The first kappa shape index (κ1) is 17.1. The lowest BCUT2D eigenvalue weighted by Crippen LogP contribution is -2.36. The zero-order chi connectivity index (χ0) is 17.9.